The monoisotopic (exact) mass is 246 g/mol. The van der Waals surface area contributed by atoms with E-state index in [4.69, 9.17) is 10.5 Å². The number of carbonyl (C=O) groups excluding carboxylic acids is 1. The van der Waals surface area contributed by atoms with Crippen LogP contribution in [0.3, 0.4) is 0 Å². The van der Waals surface area contributed by atoms with Crippen molar-refractivity contribution in [3.05, 3.63) is 42.0 Å². The quantitative estimate of drug-likeness (QED) is 0.644. The number of aromatic nitrogens is 3. The average Bonchev–Trinajstić information content (AvgIpc) is 2.82. The highest BCUT2D eigenvalue weighted by Gasteiger charge is 2.16. The highest BCUT2D eigenvalue weighted by Crippen LogP contribution is 2.19. The van der Waals surface area contributed by atoms with E-state index in [1.165, 1.54) is 0 Å². The van der Waals surface area contributed by atoms with E-state index < -0.39 is 5.97 Å². The van der Waals surface area contributed by atoms with Crippen LogP contribution in [0, 0.1) is 0 Å². The van der Waals surface area contributed by atoms with Crippen LogP contribution < -0.4 is 5.73 Å². The molecule has 0 aliphatic rings. The molecule has 0 amide bonds. The first-order valence-corrected chi connectivity index (χ1v) is 5.59. The van der Waals surface area contributed by atoms with E-state index in [2.05, 4.69) is 10.2 Å². The van der Waals surface area contributed by atoms with Gasteiger partial charge in [0.1, 0.15) is 12.7 Å². The fourth-order valence-corrected chi connectivity index (χ4v) is 1.70. The third-order valence-electron chi connectivity index (χ3n) is 2.48. The van der Waals surface area contributed by atoms with Crippen molar-refractivity contribution in [2.75, 3.05) is 12.3 Å². The molecule has 0 fully saturated rings. The Morgan fingerprint density at radius 1 is 1.39 bits per heavy atom. The number of ether oxygens (including phenoxy) is 1. The van der Waals surface area contributed by atoms with Crippen LogP contribution >= 0.6 is 0 Å². The zero-order valence-corrected chi connectivity index (χ0v) is 10.0. The second-order valence-corrected chi connectivity index (χ2v) is 3.74. The molecule has 6 nitrogen and oxygen atoms in total. The van der Waals surface area contributed by atoms with Crippen molar-refractivity contribution < 1.29 is 9.53 Å². The first-order chi connectivity index (χ1) is 8.72. The molecule has 2 aromatic rings. The van der Waals surface area contributed by atoms with Gasteiger partial charge in [0.25, 0.3) is 0 Å². The highest BCUT2D eigenvalue weighted by atomic mass is 16.5. The SMILES string of the molecule is CCOC(=O)c1c(N)cccc1Cn1cnnc1. The van der Waals surface area contributed by atoms with E-state index in [1.54, 1.807) is 36.3 Å². The Morgan fingerprint density at radius 2 is 2.11 bits per heavy atom. The molecule has 1 aromatic heterocycles. The topological polar surface area (TPSA) is 83.0 Å². The molecule has 6 heteroatoms. The van der Waals surface area contributed by atoms with Crippen LogP contribution in [0.25, 0.3) is 0 Å². The van der Waals surface area contributed by atoms with Crippen molar-refractivity contribution in [1.29, 1.82) is 0 Å². The predicted molar refractivity (Wildman–Crippen MR) is 65.9 cm³/mol. The number of benzene rings is 1. The summed E-state index contributed by atoms with van der Waals surface area (Å²) >= 11 is 0. The molecule has 0 spiro atoms. The van der Waals surface area contributed by atoms with Gasteiger partial charge < -0.3 is 15.0 Å². The number of hydrogen-bond donors (Lipinski definition) is 1. The zero-order valence-electron chi connectivity index (χ0n) is 10.0. The first-order valence-electron chi connectivity index (χ1n) is 5.59. The maximum absolute atomic E-state index is 11.9. The molecule has 1 heterocycles. The van der Waals surface area contributed by atoms with Crippen molar-refractivity contribution in [3.8, 4) is 0 Å². The summed E-state index contributed by atoms with van der Waals surface area (Å²) < 4.78 is 6.77. The standard InChI is InChI=1S/C12H14N4O2/c1-2-18-12(17)11-9(4-3-5-10(11)13)6-16-7-14-15-8-16/h3-5,7-8H,2,6,13H2,1H3. The molecule has 94 valence electrons. The molecule has 2 N–H and O–H groups in total. The van der Waals surface area contributed by atoms with Gasteiger partial charge in [-0.2, -0.15) is 0 Å². The fourth-order valence-electron chi connectivity index (χ4n) is 1.70. The summed E-state index contributed by atoms with van der Waals surface area (Å²) in [4.78, 5) is 11.9. The van der Waals surface area contributed by atoms with Crippen molar-refractivity contribution in [2.45, 2.75) is 13.5 Å². The van der Waals surface area contributed by atoms with Crippen molar-refractivity contribution in [1.82, 2.24) is 14.8 Å². The number of hydrogen-bond acceptors (Lipinski definition) is 5. The minimum Gasteiger partial charge on any atom is -0.462 e. The summed E-state index contributed by atoms with van der Waals surface area (Å²) in [5.41, 5.74) is 7.45. The van der Waals surface area contributed by atoms with Crippen LogP contribution in [0.5, 0.6) is 0 Å². The maximum atomic E-state index is 11.9. The Hall–Kier alpha value is -2.37. The van der Waals surface area contributed by atoms with Crippen LogP contribution in [-0.2, 0) is 11.3 Å². The lowest BCUT2D eigenvalue weighted by atomic mass is 10.1. The molecule has 0 unspecified atom stereocenters. The Morgan fingerprint density at radius 3 is 2.78 bits per heavy atom. The number of nitrogens with zero attached hydrogens (tertiary/aromatic N) is 3. The van der Waals surface area contributed by atoms with Gasteiger partial charge >= 0.3 is 5.97 Å². The van der Waals surface area contributed by atoms with E-state index in [0.717, 1.165) is 5.56 Å². The second kappa shape index (κ2) is 5.31. The summed E-state index contributed by atoms with van der Waals surface area (Å²) in [5, 5.41) is 7.43. The predicted octanol–water partition coefficient (Wildman–Crippen LogP) is 1.09. The van der Waals surface area contributed by atoms with Crippen LogP contribution in [0.1, 0.15) is 22.8 Å². The molecule has 0 atom stereocenters. The lowest BCUT2D eigenvalue weighted by Gasteiger charge is -2.11. The third kappa shape index (κ3) is 2.48. The number of nitrogen functional groups attached to an aromatic ring is 1. The molecule has 0 saturated heterocycles. The summed E-state index contributed by atoms with van der Waals surface area (Å²) in [7, 11) is 0. The zero-order chi connectivity index (χ0) is 13.0. The number of esters is 1. The summed E-state index contributed by atoms with van der Waals surface area (Å²) in [5.74, 6) is -0.404. The number of carbonyl (C=O) groups is 1. The fraction of sp³-hybridized carbons (Fsp3) is 0.250. The van der Waals surface area contributed by atoms with Crippen molar-refractivity contribution in [2.24, 2.45) is 0 Å². The number of nitrogens with two attached hydrogens (primary N) is 1. The first kappa shape index (κ1) is 12.1. The van der Waals surface area contributed by atoms with E-state index in [0.29, 0.717) is 24.4 Å². The number of anilines is 1. The molecule has 0 radical (unpaired) electrons. The van der Waals surface area contributed by atoms with E-state index in [-0.39, 0.29) is 0 Å². The van der Waals surface area contributed by atoms with Crippen LogP contribution in [0.15, 0.2) is 30.9 Å². The van der Waals surface area contributed by atoms with Gasteiger partial charge in [-0.15, -0.1) is 10.2 Å². The van der Waals surface area contributed by atoms with Crippen LogP contribution in [0.2, 0.25) is 0 Å². The van der Waals surface area contributed by atoms with Gasteiger partial charge in [0.05, 0.1) is 18.7 Å². The summed E-state index contributed by atoms with van der Waals surface area (Å²) in [6, 6.07) is 5.32. The molecule has 18 heavy (non-hydrogen) atoms. The Kier molecular flexibility index (Phi) is 3.57. The Balaban J connectivity index is 2.34. The largest absolute Gasteiger partial charge is 0.462 e. The third-order valence-corrected chi connectivity index (χ3v) is 2.48. The van der Waals surface area contributed by atoms with E-state index in [9.17, 15) is 4.79 Å². The van der Waals surface area contributed by atoms with Crippen LogP contribution in [0.4, 0.5) is 5.69 Å². The smallest absolute Gasteiger partial charge is 0.340 e. The highest BCUT2D eigenvalue weighted by molar-refractivity contribution is 5.96. The lowest BCUT2D eigenvalue weighted by Crippen LogP contribution is -2.13. The molecule has 0 aliphatic carbocycles. The van der Waals surface area contributed by atoms with Gasteiger partial charge in [-0.25, -0.2) is 4.79 Å². The lowest BCUT2D eigenvalue weighted by molar-refractivity contribution is 0.0526. The molecular formula is C12H14N4O2. The molecule has 2 rings (SSSR count). The molecule has 1 aromatic carbocycles. The van der Waals surface area contributed by atoms with E-state index in [1.807, 2.05) is 6.07 Å². The normalized spacial score (nSPS) is 10.3. The Labute approximate surface area is 104 Å². The minimum absolute atomic E-state index is 0.319. The van der Waals surface area contributed by atoms with Crippen molar-refractivity contribution >= 4 is 11.7 Å². The summed E-state index contributed by atoms with van der Waals surface area (Å²) in [6.07, 6.45) is 3.16. The maximum Gasteiger partial charge on any atom is 0.340 e. The Bertz CT molecular complexity index is 537. The molecule has 0 bridgehead atoms. The molecule has 0 aliphatic heterocycles. The van der Waals surface area contributed by atoms with Gasteiger partial charge in [0.2, 0.25) is 0 Å². The van der Waals surface area contributed by atoms with Gasteiger partial charge in [0, 0.05) is 5.69 Å². The van der Waals surface area contributed by atoms with Gasteiger partial charge in [-0.1, -0.05) is 12.1 Å². The average molecular weight is 246 g/mol. The summed E-state index contributed by atoms with van der Waals surface area (Å²) in [6.45, 7) is 2.56. The molecule has 0 saturated carbocycles. The van der Waals surface area contributed by atoms with Gasteiger partial charge in [0.15, 0.2) is 0 Å². The van der Waals surface area contributed by atoms with E-state index >= 15 is 0 Å². The van der Waals surface area contributed by atoms with Crippen molar-refractivity contribution in [3.63, 3.8) is 0 Å². The molecular weight excluding hydrogens is 232 g/mol. The number of rotatable bonds is 4. The minimum atomic E-state index is -0.404. The van der Waals surface area contributed by atoms with Gasteiger partial charge in [-0.3, -0.25) is 0 Å². The van der Waals surface area contributed by atoms with Gasteiger partial charge in [-0.05, 0) is 18.6 Å². The second-order valence-electron chi connectivity index (χ2n) is 3.74. The van der Waals surface area contributed by atoms with Crippen LogP contribution in [-0.4, -0.2) is 27.3 Å².